The van der Waals surface area contributed by atoms with Crippen molar-refractivity contribution in [1.29, 1.82) is 0 Å². The van der Waals surface area contributed by atoms with Crippen LogP contribution in [0.15, 0.2) is 47.4 Å². The fourth-order valence-electron chi connectivity index (χ4n) is 4.38. The lowest BCUT2D eigenvalue weighted by Crippen LogP contribution is -2.42. The number of sulfone groups is 1. The average Bonchev–Trinajstić information content (AvgIpc) is 2.72. The summed E-state index contributed by atoms with van der Waals surface area (Å²) in [5.74, 6) is -1.92. The van der Waals surface area contributed by atoms with Gasteiger partial charge in [-0.1, -0.05) is 38.8 Å². The monoisotopic (exact) mass is 408 g/mol. The Bertz CT molecular complexity index is 941. The standard InChI is InChI=1S/C22H26F2O3S/c1-3-5-12-22(4-2)14-28(26,27)19-11-10-17(24)13-18(19)20(21(22)25)15-6-8-16(23)9-7-15/h6-11,13,20-21,25H,3-5,12,14H2,1-2H3/t20-,21-,22-/m1/s1. The Labute approximate surface area is 165 Å². The summed E-state index contributed by atoms with van der Waals surface area (Å²) in [4.78, 5) is 0.0501. The van der Waals surface area contributed by atoms with Gasteiger partial charge in [-0.15, -0.1) is 0 Å². The molecule has 6 heteroatoms. The highest BCUT2D eigenvalue weighted by atomic mass is 32.2. The normalized spacial score (nSPS) is 26.5. The molecule has 0 saturated heterocycles. The van der Waals surface area contributed by atoms with Gasteiger partial charge in [-0.25, -0.2) is 17.2 Å². The molecule has 1 aliphatic heterocycles. The zero-order valence-electron chi connectivity index (χ0n) is 16.2. The quantitative estimate of drug-likeness (QED) is 0.721. The molecule has 2 aromatic carbocycles. The van der Waals surface area contributed by atoms with Gasteiger partial charge in [0, 0.05) is 11.3 Å². The summed E-state index contributed by atoms with van der Waals surface area (Å²) in [6.07, 6.45) is 1.64. The summed E-state index contributed by atoms with van der Waals surface area (Å²) < 4.78 is 54.0. The van der Waals surface area contributed by atoms with Crippen LogP contribution in [0.2, 0.25) is 0 Å². The number of benzene rings is 2. The van der Waals surface area contributed by atoms with E-state index >= 15 is 0 Å². The topological polar surface area (TPSA) is 54.4 Å². The summed E-state index contributed by atoms with van der Waals surface area (Å²) in [7, 11) is -3.73. The molecule has 3 atom stereocenters. The average molecular weight is 409 g/mol. The van der Waals surface area contributed by atoms with E-state index in [1.165, 1.54) is 36.4 Å². The van der Waals surface area contributed by atoms with Crippen molar-refractivity contribution in [3.8, 4) is 0 Å². The fourth-order valence-corrected chi connectivity index (χ4v) is 6.63. The van der Waals surface area contributed by atoms with E-state index in [4.69, 9.17) is 0 Å². The van der Waals surface area contributed by atoms with Crippen LogP contribution in [0, 0.1) is 17.0 Å². The van der Waals surface area contributed by atoms with Gasteiger partial charge in [0.15, 0.2) is 9.84 Å². The van der Waals surface area contributed by atoms with E-state index in [-0.39, 0.29) is 16.2 Å². The van der Waals surface area contributed by atoms with E-state index in [0.717, 1.165) is 18.9 Å². The Kier molecular flexibility index (Phi) is 5.92. The van der Waals surface area contributed by atoms with Crippen LogP contribution >= 0.6 is 0 Å². The number of rotatable bonds is 5. The molecular weight excluding hydrogens is 382 g/mol. The molecule has 28 heavy (non-hydrogen) atoms. The Hall–Kier alpha value is -1.79. The summed E-state index contributed by atoms with van der Waals surface area (Å²) in [6.45, 7) is 3.90. The molecule has 3 nitrogen and oxygen atoms in total. The lowest BCUT2D eigenvalue weighted by Gasteiger charge is -2.39. The smallest absolute Gasteiger partial charge is 0.179 e. The van der Waals surface area contributed by atoms with Gasteiger partial charge in [-0.3, -0.25) is 0 Å². The van der Waals surface area contributed by atoms with Crippen LogP contribution in [0.4, 0.5) is 8.78 Å². The van der Waals surface area contributed by atoms with Crippen LogP contribution in [-0.2, 0) is 9.84 Å². The van der Waals surface area contributed by atoms with E-state index in [9.17, 15) is 22.3 Å². The second kappa shape index (κ2) is 7.91. The third-order valence-corrected chi connectivity index (χ3v) is 8.02. The molecule has 0 amide bonds. The Balaban J connectivity index is 2.28. The molecule has 0 unspecified atom stereocenters. The van der Waals surface area contributed by atoms with Crippen molar-refractivity contribution in [2.24, 2.45) is 5.41 Å². The third kappa shape index (κ3) is 3.72. The minimum Gasteiger partial charge on any atom is -0.392 e. The van der Waals surface area contributed by atoms with Crippen molar-refractivity contribution in [3.05, 3.63) is 65.2 Å². The molecule has 0 saturated carbocycles. The van der Waals surface area contributed by atoms with E-state index in [1.807, 2.05) is 13.8 Å². The maximum Gasteiger partial charge on any atom is 0.179 e. The predicted octanol–water partition coefficient (Wildman–Crippen LogP) is 4.83. The van der Waals surface area contributed by atoms with Crippen LogP contribution in [0.1, 0.15) is 56.6 Å². The molecule has 2 aromatic rings. The van der Waals surface area contributed by atoms with Crippen molar-refractivity contribution in [2.45, 2.75) is 56.4 Å². The molecule has 152 valence electrons. The van der Waals surface area contributed by atoms with E-state index < -0.39 is 38.9 Å². The van der Waals surface area contributed by atoms with Crippen LogP contribution in [-0.4, -0.2) is 25.4 Å². The van der Waals surface area contributed by atoms with Gasteiger partial charge in [0.2, 0.25) is 0 Å². The van der Waals surface area contributed by atoms with E-state index in [0.29, 0.717) is 18.4 Å². The summed E-state index contributed by atoms with van der Waals surface area (Å²) in [5, 5.41) is 11.5. The van der Waals surface area contributed by atoms with Gasteiger partial charge in [0.25, 0.3) is 0 Å². The molecule has 0 spiro atoms. The SMILES string of the molecule is CCCC[C@]1(CC)CS(=O)(=O)c2ccc(F)cc2[C@@H](c2ccc(F)cc2)[C@H]1O. The highest BCUT2D eigenvalue weighted by Gasteiger charge is 2.48. The number of hydrogen-bond acceptors (Lipinski definition) is 3. The Morgan fingerprint density at radius 3 is 2.32 bits per heavy atom. The maximum absolute atomic E-state index is 14.1. The molecule has 1 aliphatic rings. The van der Waals surface area contributed by atoms with Gasteiger partial charge in [-0.2, -0.15) is 0 Å². The van der Waals surface area contributed by atoms with Gasteiger partial charge in [0.1, 0.15) is 11.6 Å². The van der Waals surface area contributed by atoms with E-state index in [1.54, 1.807) is 0 Å². The molecule has 0 bridgehead atoms. The van der Waals surface area contributed by atoms with Gasteiger partial charge in [-0.05, 0) is 54.3 Å². The van der Waals surface area contributed by atoms with Crippen molar-refractivity contribution in [1.82, 2.24) is 0 Å². The fraction of sp³-hybridized carbons (Fsp3) is 0.455. The van der Waals surface area contributed by atoms with Crippen molar-refractivity contribution in [3.63, 3.8) is 0 Å². The zero-order chi connectivity index (χ0) is 20.5. The lowest BCUT2D eigenvalue weighted by atomic mass is 9.69. The van der Waals surface area contributed by atoms with Crippen molar-refractivity contribution >= 4 is 9.84 Å². The first-order chi connectivity index (χ1) is 13.2. The van der Waals surface area contributed by atoms with E-state index in [2.05, 4.69) is 0 Å². The van der Waals surface area contributed by atoms with Gasteiger partial charge < -0.3 is 5.11 Å². The molecule has 3 rings (SSSR count). The minimum absolute atomic E-state index is 0.0501. The predicted molar refractivity (Wildman–Crippen MR) is 105 cm³/mol. The number of unbranched alkanes of at least 4 members (excludes halogenated alkanes) is 1. The number of aliphatic hydroxyl groups excluding tert-OH is 1. The molecule has 1 heterocycles. The summed E-state index contributed by atoms with van der Waals surface area (Å²) in [6, 6.07) is 9.24. The summed E-state index contributed by atoms with van der Waals surface area (Å²) >= 11 is 0. The highest BCUT2D eigenvalue weighted by Crippen LogP contribution is 2.48. The second-order valence-electron chi connectivity index (χ2n) is 7.73. The molecule has 0 fully saturated rings. The van der Waals surface area contributed by atoms with Crippen LogP contribution in [0.3, 0.4) is 0 Å². The van der Waals surface area contributed by atoms with Crippen molar-refractivity contribution < 1.29 is 22.3 Å². The first kappa shape index (κ1) is 20.9. The number of hydrogen-bond donors (Lipinski definition) is 1. The van der Waals surface area contributed by atoms with Gasteiger partial charge in [0.05, 0.1) is 16.8 Å². The number of halogens is 2. The first-order valence-corrected chi connectivity index (χ1v) is 11.3. The van der Waals surface area contributed by atoms with Gasteiger partial charge >= 0.3 is 0 Å². The highest BCUT2D eigenvalue weighted by molar-refractivity contribution is 7.91. The largest absolute Gasteiger partial charge is 0.392 e. The molecular formula is C22H26F2O3S. The van der Waals surface area contributed by atoms with Crippen LogP contribution < -0.4 is 0 Å². The second-order valence-corrected chi connectivity index (χ2v) is 9.69. The number of aliphatic hydroxyl groups is 1. The van der Waals surface area contributed by atoms with Crippen LogP contribution in [0.25, 0.3) is 0 Å². The molecule has 0 aliphatic carbocycles. The molecule has 0 radical (unpaired) electrons. The summed E-state index contributed by atoms with van der Waals surface area (Å²) in [5.41, 5.74) is -0.0401. The maximum atomic E-state index is 14.1. The van der Waals surface area contributed by atoms with Crippen LogP contribution in [0.5, 0.6) is 0 Å². The zero-order valence-corrected chi connectivity index (χ0v) is 17.0. The van der Waals surface area contributed by atoms with Crippen molar-refractivity contribution in [2.75, 3.05) is 5.75 Å². The Morgan fingerprint density at radius 2 is 1.71 bits per heavy atom. The number of fused-ring (bicyclic) bond motifs is 1. The minimum atomic E-state index is -3.73. The molecule has 0 aromatic heterocycles. The first-order valence-electron chi connectivity index (χ1n) is 9.70. The third-order valence-electron chi connectivity index (χ3n) is 6.02. The Morgan fingerprint density at radius 1 is 1.07 bits per heavy atom. The lowest BCUT2D eigenvalue weighted by molar-refractivity contribution is 0.0173. The molecule has 1 N–H and O–H groups in total.